The SMILES string of the molecule is COC(=O)C(CC1CC1)NC(=O)C/C=C\C(=C\OCC1CC1)C1CC1. The molecule has 5 nitrogen and oxygen atoms in total. The molecule has 3 rings (SSSR count). The number of esters is 1. The lowest BCUT2D eigenvalue weighted by atomic mass is 10.1. The van der Waals surface area contributed by atoms with Gasteiger partial charge in [0.15, 0.2) is 0 Å². The van der Waals surface area contributed by atoms with E-state index in [1.807, 2.05) is 18.4 Å². The molecule has 3 fully saturated rings. The Bertz CT molecular complexity index is 542. The number of amides is 1. The maximum absolute atomic E-state index is 12.1. The molecule has 25 heavy (non-hydrogen) atoms. The predicted molar refractivity (Wildman–Crippen MR) is 94.5 cm³/mol. The van der Waals surface area contributed by atoms with Gasteiger partial charge in [0.1, 0.15) is 6.04 Å². The van der Waals surface area contributed by atoms with E-state index < -0.39 is 6.04 Å². The lowest BCUT2D eigenvalue weighted by Crippen LogP contribution is -2.41. The molecule has 3 aliphatic carbocycles. The largest absolute Gasteiger partial charge is 0.501 e. The Morgan fingerprint density at radius 1 is 1.12 bits per heavy atom. The van der Waals surface area contributed by atoms with Gasteiger partial charge in [0.25, 0.3) is 0 Å². The van der Waals surface area contributed by atoms with Crippen LogP contribution in [0.15, 0.2) is 24.0 Å². The molecule has 0 spiro atoms. The average Bonchev–Trinajstić information content (AvgIpc) is 3.46. The summed E-state index contributed by atoms with van der Waals surface area (Å²) in [5.74, 6) is 1.38. The van der Waals surface area contributed by atoms with Gasteiger partial charge in [-0.1, -0.05) is 25.0 Å². The fourth-order valence-electron chi connectivity index (χ4n) is 2.85. The van der Waals surface area contributed by atoms with Crippen LogP contribution in [0.2, 0.25) is 0 Å². The second kappa shape index (κ2) is 8.54. The first-order chi connectivity index (χ1) is 12.2. The predicted octanol–water partition coefficient (Wildman–Crippen LogP) is 3.11. The fraction of sp³-hybridized carbons (Fsp3) is 0.700. The van der Waals surface area contributed by atoms with Gasteiger partial charge in [0, 0.05) is 6.42 Å². The van der Waals surface area contributed by atoms with Crippen molar-refractivity contribution in [3.8, 4) is 0 Å². The minimum absolute atomic E-state index is 0.138. The van der Waals surface area contributed by atoms with Gasteiger partial charge >= 0.3 is 5.97 Å². The van der Waals surface area contributed by atoms with Crippen molar-refractivity contribution >= 4 is 11.9 Å². The molecule has 0 aromatic heterocycles. The van der Waals surface area contributed by atoms with Crippen LogP contribution in [-0.2, 0) is 19.1 Å². The Hall–Kier alpha value is -1.78. The Balaban J connectivity index is 1.43. The number of carbonyl (C=O) groups is 2. The molecule has 138 valence electrons. The molecule has 0 saturated heterocycles. The zero-order chi connectivity index (χ0) is 17.6. The quantitative estimate of drug-likeness (QED) is 0.354. The Morgan fingerprint density at radius 2 is 1.84 bits per heavy atom. The number of nitrogens with one attached hydrogen (secondary N) is 1. The summed E-state index contributed by atoms with van der Waals surface area (Å²) in [6, 6.07) is -0.515. The summed E-state index contributed by atoms with van der Waals surface area (Å²) < 4.78 is 10.5. The fourth-order valence-corrected chi connectivity index (χ4v) is 2.85. The minimum Gasteiger partial charge on any atom is -0.501 e. The van der Waals surface area contributed by atoms with E-state index in [2.05, 4.69) is 5.32 Å². The summed E-state index contributed by atoms with van der Waals surface area (Å²) in [6.45, 7) is 0.812. The molecule has 0 aromatic rings. The summed E-state index contributed by atoms with van der Waals surface area (Å²) in [7, 11) is 1.36. The molecular weight excluding hydrogens is 318 g/mol. The molecule has 1 N–H and O–H groups in total. The highest BCUT2D eigenvalue weighted by Gasteiger charge is 2.31. The van der Waals surface area contributed by atoms with Gasteiger partial charge < -0.3 is 14.8 Å². The summed E-state index contributed by atoms with van der Waals surface area (Å²) in [5, 5.41) is 2.81. The van der Waals surface area contributed by atoms with Crippen molar-refractivity contribution in [3.63, 3.8) is 0 Å². The number of rotatable bonds is 11. The van der Waals surface area contributed by atoms with Gasteiger partial charge in [-0.25, -0.2) is 4.79 Å². The Kier molecular flexibility index (Phi) is 6.16. The van der Waals surface area contributed by atoms with Crippen molar-refractivity contribution in [2.75, 3.05) is 13.7 Å². The highest BCUT2D eigenvalue weighted by molar-refractivity contribution is 5.85. The second-order valence-electron chi connectivity index (χ2n) is 7.60. The normalized spacial score (nSPS) is 21.9. The van der Waals surface area contributed by atoms with Crippen LogP contribution < -0.4 is 5.32 Å². The topological polar surface area (TPSA) is 64.6 Å². The maximum Gasteiger partial charge on any atom is 0.328 e. The lowest BCUT2D eigenvalue weighted by molar-refractivity contribution is -0.145. The first kappa shape index (κ1) is 18.0. The Morgan fingerprint density at radius 3 is 2.44 bits per heavy atom. The van der Waals surface area contributed by atoms with Gasteiger partial charge in [-0.2, -0.15) is 0 Å². The minimum atomic E-state index is -0.515. The van der Waals surface area contributed by atoms with E-state index in [0.29, 0.717) is 18.3 Å². The molecule has 0 heterocycles. The number of allylic oxidation sites excluding steroid dienone is 2. The van der Waals surface area contributed by atoms with Crippen LogP contribution in [0.4, 0.5) is 0 Å². The molecule has 3 saturated carbocycles. The molecule has 3 aliphatic rings. The lowest BCUT2D eigenvalue weighted by Gasteiger charge is -2.15. The van der Waals surface area contributed by atoms with Crippen molar-refractivity contribution in [2.45, 2.75) is 57.4 Å². The van der Waals surface area contributed by atoms with Crippen LogP contribution in [0.25, 0.3) is 0 Å². The standard InChI is InChI=1S/C20H29NO4/c1-24-20(23)18(11-14-5-6-14)21-19(22)4-2-3-17(16-9-10-16)13-25-12-15-7-8-15/h2-3,13-16,18H,4-12H2,1H3,(H,21,22)/b3-2-,17-13-. The number of methoxy groups -OCH3 is 1. The van der Waals surface area contributed by atoms with Crippen molar-refractivity contribution < 1.29 is 19.1 Å². The highest BCUT2D eigenvalue weighted by Crippen LogP contribution is 2.37. The molecule has 0 bridgehead atoms. The van der Waals surface area contributed by atoms with E-state index in [-0.39, 0.29) is 18.3 Å². The number of hydrogen-bond acceptors (Lipinski definition) is 4. The van der Waals surface area contributed by atoms with Crippen LogP contribution in [0.1, 0.15) is 51.4 Å². The van der Waals surface area contributed by atoms with Gasteiger partial charge in [-0.3, -0.25) is 4.79 Å². The first-order valence-corrected chi connectivity index (χ1v) is 9.51. The van der Waals surface area contributed by atoms with Gasteiger partial charge in [0.2, 0.25) is 5.91 Å². The monoisotopic (exact) mass is 347 g/mol. The molecule has 0 aromatic carbocycles. The second-order valence-corrected chi connectivity index (χ2v) is 7.60. The third-order valence-electron chi connectivity index (χ3n) is 5.00. The molecular formula is C20H29NO4. The van der Waals surface area contributed by atoms with Crippen LogP contribution in [0.3, 0.4) is 0 Å². The third-order valence-corrected chi connectivity index (χ3v) is 5.00. The summed E-state index contributed by atoms with van der Waals surface area (Å²) in [4.78, 5) is 23.9. The van der Waals surface area contributed by atoms with E-state index in [1.54, 1.807) is 0 Å². The molecule has 0 radical (unpaired) electrons. The number of carbonyl (C=O) groups excluding carboxylic acids is 2. The Labute approximate surface area is 149 Å². The van der Waals surface area contributed by atoms with E-state index in [1.165, 1.54) is 38.4 Å². The number of ether oxygens (including phenoxy) is 2. The van der Waals surface area contributed by atoms with Gasteiger partial charge in [0.05, 0.1) is 20.0 Å². The maximum atomic E-state index is 12.1. The third kappa shape index (κ3) is 6.56. The van der Waals surface area contributed by atoms with Gasteiger partial charge in [-0.15, -0.1) is 0 Å². The van der Waals surface area contributed by atoms with Crippen molar-refractivity contribution in [1.82, 2.24) is 5.32 Å². The molecule has 5 heteroatoms. The van der Waals surface area contributed by atoms with Crippen LogP contribution in [0.5, 0.6) is 0 Å². The van der Waals surface area contributed by atoms with E-state index in [9.17, 15) is 9.59 Å². The highest BCUT2D eigenvalue weighted by atomic mass is 16.5. The molecule has 1 atom stereocenters. The van der Waals surface area contributed by atoms with Crippen LogP contribution >= 0.6 is 0 Å². The van der Waals surface area contributed by atoms with Crippen molar-refractivity contribution in [3.05, 3.63) is 24.0 Å². The molecule has 1 unspecified atom stereocenters. The first-order valence-electron chi connectivity index (χ1n) is 9.51. The zero-order valence-corrected chi connectivity index (χ0v) is 15.0. The summed E-state index contributed by atoms with van der Waals surface area (Å²) >= 11 is 0. The number of hydrogen-bond donors (Lipinski definition) is 1. The molecule has 1 amide bonds. The molecule has 0 aliphatic heterocycles. The summed E-state index contributed by atoms with van der Waals surface area (Å²) in [5.41, 5.74) is 1.18. The van der Waals surface area contributed by atoms with Crippen LogP contribution in [0, 0.1) is 17.8 Å². The van der Waals surface area contributed by atoms with Crippen LogP contribution in [-0.4, -0.2) is 31.6 Å². The van der Waals surface area contributed by atoms with Crippen molar-refractivity contribution in [2.24, 2.45) is 17.8 Å². The van der Waals surface area contributed by atoms with E-state index in [4.69, 9.17) is 9.47 Å². The summed E-state index contributed by atoms with van der Waals surface area (Å²) in [6.07, 6.45) is 13.9. The van der Waals surface area contributed by atoms with E-state index in [0.717, 1.165) is 25.4 Å². The van der Waals surface area contributed by atoms with E-state index >= 15 is 0 Å². The van der Waals surface area contributed by atoms with Gasteiger partial charge in [-0.05, 0) is 55.4 Å². The average molecular weight is 347 g/mol. The smallest absolute Gasteiger partial charge is 0.328 e. The zero-order valence-electron chi connectivity index (χ0n) is 15.0. The van der Waals surface area contributed by atoms with Crippen molar-refractivity contribution in [1.29, 1.82) is 0 Å².